The number of hydrogen-bond acceptors (Lipinski definition) is 3. The summed E-state index contributed by atoms with van der Waals surface area (Å²) >= 11 is 5.60. The number of carbonyl (C=O) groups is 1. The van der Waals surface area contributed by atoms with Crippen molar-refractivity contribution in [2.45, 2.75) is 13.3 Å². The van der Waals surface area contributed by atoms with E-state index in [1.165, 1.54) is 4.90 Å². The topological polar surface area (TPSA) is 63.5 Å². The second kappa shape index (κ2) is 7.04. The first-order valence-corrected chi connectivity index (χ1v) is 6.33. The molecule has 1 aromatic rings. The summed E-state index contributed by atoms with van der Waals surface area (Å²) in [7, 11) is 0. The molecule has 0 bridgehead atoms. The molecular formula is C12H14ClFN2O3. The second-order valence-electron chi connectivity index (χ2n) is 3.90. The third kappa shape index (κ3) is 3.89. The lowest BCUT2D eigenvalue weighted by molar-refractivity contribution is -0.385. The summed E-state index contributed by atoms with van der Waals surface area (Å²) < 4.78 is 13.2. The molecule has 5 nitrogen and oxygen atoms in total. The molecule has 0 heterocycles. The molecule has 1 rings (SSSR count). The van der Waals surface area contributed by atoms with Gasteiger partial charge in [0.25, 0.3) is 11.6 Å². The predicted octanol–water partition coefficient (Wildman–Crippen LogP) is 2.82. The molecule has 1 amide bonds. The number of benzene rings is 1. The third-order valence-corrected chi connectivity index (χ3v) is 2.69. The lowest BCUT2D eigenvalue weighted by Crippen LogP contribution is -2.34. The Kier molecular flexibility index (Phi) is 5.69. The van der Waals surface area contributed by atoms with Crippen LogP contribution in [0.2, 0.25) is 0 Å². The Labute approximate surface area is 115 Å². The van der Waals surface area contributed by atoms with E-state index < -0.39 is 22.3 Å². The van der Waals surface area contributed by atoms with Gasteiger partial charge in [-0.1, -0.05) is 6.92 Å². The van der Waals surface area contributed by atoms with E-state index >= 15 is 0 Å². The number of nitro benzene ring substituents is 1. The maximum Gasteiger partial charge on any atom is 0.282 e. The van der Waals surface area contributed by atoms with Crippen LogP contribution in [0.1, 0.15) is 23.7 Å². The van der Waals surface area contributed by atoms with Crippen LogP contribution in [-0.2, 0) is 0 Å². The molecule has 104 valence electrons. The van der Waals surface area contributed by atoms with Gasteiger partial charge in [-0.05, 0) is 18.6 Å². The Morgan fingerprint density at radius 1 is 1.47 bits per heavy atom. The molecule has 0 unspecified atom stereocenters. The summed E-state index contributed by atoms with van der Waals surface area (Å²) in [4.78, 5) is 23.7. The van der Waals surface area contributed by atoms with Gasteiger partial charge in [-0.25, -0.2) is 4.39 Å². The van der Waals surface area contributed by atoms with Crippen LogP contribution < -0.4 is 0 Å². The Morgan fingerprint density at radius 2 is 2.16 bits per heavy atom. The maximum absolute atomic E-state index is 13.2. The molecule has 0 radical (unpaired) electrons. The highest BCUT2D eigenvalue weighted by atomic mass is 35.5. The first-order chi connectivity index (χ1) is 9.01. The van der Waals surface area contributed by atoms with Gasteiger partial charge in [0, 0.05) is 25.0 Å². The monoisotopic (exact) mass is 288 g/mol. The molecule has 0 aliphatic carbocycles. The fourth-order valence-electron chi connectivity index (χ4n) is 1.70. The molecule has 0 aliphatic heterocycles. The van der Waals surface area contributed by atoms with Gasteiger partial charge in [-0.15, -0.1) is 11.6 Å². The first-order valence-electron chi connectivity index (χ1n) is 5.80. The zero-order chi connectivity index (χ0) is 14.4. The van der Waals surface area contributed by atoms with Crippen LogP contribution in [-0.4, -0.2) is 34.7 Å². The number of nitrogens with zero attached hydrogens (tertiary/aromatic N) is 2. The number of carbonyl (C=O) groups excluding carboxylic acids is 1. The fourth-order valence-corrected chi connectivity index (χ4v) is 1.90. The van der Waals surface area contributed by atoms with Gasteiger partial charge < -0.3 is 4.90 Å². The van der Waals surface area contributed by atoms with E-state index in [4.69, 9.17) is 11.6 Å². The summed E-state index contributed by atoms with van der Waals surface area (Å²) in [6, 6.07) is 2.84. The lowest BCUT2D eigenvalue weighted by atomic mass is 10.1. The van der Waals surface area contributed by atoms with E-state index in [1.54, 1.807) is 0 Å². The minimum atomic E-state index is -0.697. The summed E-state index contributed by atoms with van der Waals surface area (Å²) in [5.74, 6) is -1.04. The molecule has 0 saturated carbocycles. The van der Waals surface area contributed by atoms with Crippen molar-refractivity contribution in [2.75, 3.05) is 19.0 Å². The van der Waals surface area contributed by atoms with Crippen LogP contribution in [0, 0.1) is 15.9 Å². The van der Waals surface area contributed by atoms with Crippen molar-refractivity contribution >= 4 is 23.2 Å². The van der Waals surface area contributed by atoms with Crippen molar-refractivity contribution in [3.05, 3.63) is 39.7 Å². The lowest BCUT2D eigenvalue weighted by Gasteiger charge is -2.20. The number of amides is 1. The predicted molar refractivity (Wildman–Crippen MR) is 70.0 cm³/mol. The van der Waals surface area contributed by atoms with Crippen molar-refractivity contribution in [1.29, 1.82) is 0 Å². The SMILES string of the molecule is CCCN(CCCl)C(=O)c1cc(F)ccc1[N+](=O)[O-]. The van der Waals surface area contributed by atoms with Crippen LogP contribution >= 0.6 is 11.6 Å². The molecule has 0 saturated heterocycles. The number of nitro groups is 1. The number of rotatable bonds is 6. The Hall–Kier alpha value is -1.69. The summed E-state index contributed by atoms with van der Waals surface area (Å²) in [5, 5.41) is 10.9. The van der Waals surface area contributed by atoms with E-state index in [0.29, 0.717) is 13.0 Å². The van der Waals surface area contributed by atoms with E-state index in [9.17, 15) is 19.3 Å². The quantitative estimate of drug-likeness (QED) is 0.459. The molecule has 0 N–H and O–H groups in total. The summed E-state index contributed by atoms with van der Waals surface area (Å²) in [5.41, 5.74) is -0.648. The van der Waals surface area contributed by atoms with Gasteiger partial charge in [0.05, 0.1) is 4.92 Å². The largest absolute Gasteiger partial charge is 0.337 e. The Bertz CT molecular complexity index is 476. The highest BCUT2D eigenvalue weighted by Gasteiger charge is 2.24. The molecular weight excluding hydrogens is 275 g/mol. The summed E-state index contributed by atoms with van der Waals surface area (Å²) in [6.07, 6.45) is 0.686. The normalized spacial score (nSPS) is 10.3. The average molecular weight is 289 g/mol. The minimum absolute atomic E-state index is 0.217. The van der Waals surface area contributed by atoms with E-state index in [2.05, 4.69) is 0 Å². The average Bonchev–Trinajstić information content (AvgIpc) is 2.37. The van der Waals surface area contributed by atoms with Gasteiger partial charge in [0.1, 0.15) is 11.4 Å². The molecule has 0 fully saturated rings. The number of alkyl halides is 1. The van der Waals surface area contributed by atoms with Crippen molar-refractivity contribution in [1.82, 2.24) is 4.90 Å². The van der Waals surface area contributed by atoms with Crippen molar-refractivity contribution < 1.29 is 14.1 Å². The molecule has 7 heteroatoms. The van der Waals surface area contributed by atoms with Crippen LogP contribution in [0.4, 0.5) is 10.1 Å². The third-order valence-electron chi connectivity index (χ3n) is 2.52. The Balaban J connectivity index is 3.15. The zero-order valence-corrected chi connectivity index (χ0v) is 11.2. The van der Waals surface area contributed by atoms with Gasteiger partial charge in [-0.2, -0.15) is 0 Å². The van der Waals surface area contributed by atoms with E-state index in [1.807, 2.05) is 6.92 Å². The van der Waals surface area contributed by atoms with Gasteiger partial charge >= 0.3 is 0 Å². The highest BCUT2D eigenvalue weighted by molar-refractivity contribution is 6.18. The van der Waals surface area contributed by atoms with Crippen LogP contribution in [0.15, 0.2) is 18.2 Å². The number of hydrogen-bond donors (Lipinski definition) is 0. The highest BCUT2D eigenvalue weighted by Crippen LogP contribution is 2.21. The van der Waals surface area contributed by atoms with Crippen molar-refractivity contribution in [2.24, 2.45) is 0 Å². The van der Waals surface area contributed by atoms with Crippen LogP contribution in [0.25, 0.3) is 0 Å². The van der Waals surface area contributed by atoms with E-state index in [0.717, 1.165) is 18.2 Å². The molecule has 0 aliphatic rings. The standard InChI is InChI=1S/C12H14ClFN2O3/c1-2-6-15(7-5-13)12(17)10-8-9(14)3-4-11(10)16(18)19/h3-4,8H,2,5-7H2,1H3. The second-order valence-corrected chi connectivity index (χ2v) is 4.28. The molecule has 0 spiro atoms. The van der Waals surface area contributed by atoms with Gasteiger partial charge in [-0.3, -0.25) is 14.9 Å². The number of halogens is 2. The minimum Gasteiger partial charge on any atom is -0.337 e. The van der Waals surface area contributed by atoms with E-state index in [-0.39, 0.29) is 18.0 Å². The van der Waals surface area contributed by atoms with Gasteiger partial charge in [0.2, 0.25) is 0 Å². The van der Waals surface area contributed by atoms with Crippen LogP contribution in [0.5, 0.6) is 0 Å². The molecule has 19 heavy (non-hydrogen) atoms. The molecule has 1 aromatic carbocycles. The smallest absolute Gasteiger partial charge is 0.282 e. The zero-order valence-electron chi connectivity index (χ0n) is 10.4. The van der Waals surface area contributed by atoms with Crippen molar-refractivity contribution in [3.8, 4) is 0 Å². The maximum atomic E-state index is 13.2. The summed E-state index contributed by atoms with van der Waals surface area (Å²) in [6.45, 7) is 2.55. The Morgan fingerprint density at radius 3 is 2.68 bits per heavy atom. The fraction of sp³-hybridized carbons (Fsp3) is 0.417. The first kappa shape index (κ1) is 15.4. The van der Waals surface area contributed by atoms with Gasteiger partial charge in [0.15, 0.2) is 0 Å². The van der Waals surface area contributed by atoms with Crippen LogP contribution in [0.3, 0.4) is 0 Å². The molecule has 0 aromatic heterocycles. The van der Waals surface area contributed by atoms with Crippen molar-refractivity contribution in [3.63, 3.8) is 0 Å². The molecule has 0 atom stereocenters.